The Morgan fingerprint density at radius 3 is 2.67 bits per heavy atom. The third-order valence-corrected chi connectivity index (χ3v) is 6.95. The second-order valence-electron chi connectivity index (χ2n) is 7.70. The van der Waals surface area contributed by atoms with Gasteiger partial charge in [0.1, 0.15) is 5.69 Å². The zero-order valence-corrected chi connectivity index (χ0v) is 17.2. The van der Waals surface area contributed by atoms with Crippen molar-refractivity contribution < 1.29 is 18.4 Å². The highest BCUT2D eigenvalue weighted by molar-refractivity contribution is 7.81. The van der Waals surface area contributed by atoms with Gasteiger partial charge in [0.2, 0.25) is 0 Å². The summed E-state index contributed by atoms with van der Waals surface area (Å²) in [4.78, 5) is 27.3. The molecule has 1 saturated carbocycles. The van der Waals surface area contributed by atoms with Crippen molar-refractivity contribution in [3.63, 3.8) is 0 Å². The van der Waals surface area contributed by atoms with Gasteiger partial charge in [0.05, 0.1) is 16.4 Å². The molecule has 2 aliphatic rings. The SMILES string of the molecule is Cn1nc(C(=O)NCc2ccc(C#N)cc2)c2c1C(=O)N(CC1(S(=O)O)CC1)CC2. The second kappa shape index (κ2) is 7.66. The lowest BCUT2D eigenvalue weighted by molar-refractivity contribution is 0.0724. The van der Waals surface area contributed by atoms with E-state index in [1.54, 1.807) is 36.2 Å². The molecule has 30 heavy (non-hydrogen) atoms. The summed E-state index contributed by atoms with van der Waals surface area (Å²) >= 11 is -1.97. The van der Waals surface area contributed by atoms with Crippen LogP contribution in [0.5, 0.6) is 0 Å². The highest BCUT2D eigenvalue weighted by Crippen LogP contribution is 2.42. The number of hydrogen-bond acceptors (Lipinski definition) is 5. The molecule has 0 bridgehead atoms. The quantitative estimate of drug-likeness (QED) is 0.661. The second-order valence-corrected chi connectivity index (χ2v) is 9.06. The Morgan fingerprint density at radius 2 is 2.07 bits per heavy atom. The summed E-state index contributed by atoms with van der Waals surface area (Å²) in [6.45, 7) is 0.896. The van der Waals surface area contributed by atoms with Gasteiger partial charge in [-0.3, -0.25) is 14.3 Å². The van der Waals surface area contributed by atoms with Gasteiger partial charge >= 0.3 is 0 Å². The molecule has 156 valence electrons. The predicted octanol–water partition coefficient (Wildman–Crippen LogP) is 0.974. The van der Waals surface area contributed by atoms with Crippen LogP contribution in [0, 0.1) is 11.3 Å². The number of aryl methyl sites for hydroxylation is 1. The van der Waals surface area contributed by atoms with Gasteiger partial charge in [-0.15, -0.1) is 0 Å². The van der Waals surface area contributed by atoms with Gasteiger partial charge in [-0.05, 0) is 37.0 Å². The third-order valence-electron chi connectivity index (χ3n) is 5.68. The maximum Gasteiger partial charge on any atom is 0.272 e. The van der Waals surface area contributed by atoms with Gasteiger partial charge in [-0.25, -0.2) is 4.21 Å². The molecule has 1 fully saturated rings. The maximum atomic E-state index is 13.0. The van der Waals surface area contributed by atoms with Gasteiger partial charge in [0, 0.05) is 32.2 Å². The van der Waals surface area contributed by atoms with Crippen molar-refractivity contribution in [1.82, 2.24) is 20.0 Å². The fourth-order valence-electron chi connectivity index (χ4n) is 3.74. The molecule has 2 aromatic rings. The van der Waals surface area contributed by atoms with Crippen molar-refractivity contribution in [3.05, 3.63) is 52.3 Å². The molecule has 10 heteroatoms. The highest BCUT2D eigenvalue weighted by atomic mass is 32.2. The van der Waals surface area contributed by atoms with Crippen molar-refractivity contribution in [2.75, 3.05) is 13.1 Å². The average molecular weight is 427 g/mol. The van der Waals surface area contributed by atoms with Gasteiger partial charge in [-0.2, -0.15) is 10.4 Å². The number of carbonyl (C=O) groups is 2. The van der Waals surface area contributed by atoms with Crippen LogP contribution < -0.4 is 5.32 Å². The van der Waals surface area contributed by atoms with Crippen LogP contribution in [-0.4, -0.2) is 53.1 Å². The first-order valence-electron chi connectivity index (χ1n) is 9.58. The van der Waals surface area contributed by atoms with Crippen LogP contribution in [0.1, 0.15) is 50.5 Å². The summed E-state index contributed by atoms with van der Waals surface area (Å²) in [6.07, 6.45) is 1.71. The van der Waals surface area contributed by atoms with E-state index in [1.807, 2.05) is 6.07 Å². The van der Waals surface area contributed by atoms with E-state index < -0.39 is 15.8 Å². The zero-order chi connectivity index (χ0) is 21.5. The standard InChI is InChI=1S/C20H21N5O4S/c1-24-17-15(6-9-25(19(17)27)12-20(7-8-20)30(28)29)16(23-24)18(26)22-11-14-4-2-13(10-21)3-5-14/h2-5H,6-9,11-12H2,1H3,(H,22,26)(H,28,29). The van der Waals surface area contributed by atoms with Crippen LogP contribution in [0.4, 0.5) is 0 Å². The summed E-state index contributed by atoms with van der Waals surface area (Å²) in [5, 5.41) is 15.9. The van der Waals surface area contributed by atoms with Crippen molar-refractivity contribution in [2.24, 2.45) is 7.05 Å². The minimum atomic E-state index is -1.97. The van der Waals surface area contributed by atoms with Crippen LogP contribution in [0.15, 0.2) is 24.3 Å². The molecular formula is C20H21N5O4S. The fraction of sp³-hybridized carbons (Fsp3) is 0.400. The lowest BCUT2D eigenvalue weighted by Gasteiger charge is -2.29. The first-order chi connectivity index (χ1) is 14.3. The summed E-state index contributed by atoms with van der Waals surface area (Å²) in [5.74, 6) is -0.637. The lowest BCUT2D eigenvalue weighted by Crippen LogP contribution is -2.45. The normalized spacial score (nSPS) is 17.8. The topological polar surface area (TPSA) is 128 Å². The number of aromatic nitrogens is 2. The molecule has 1 atom stereocenters. The Kier molecular flexibility index (Phi) is 5.17. The van der Waals surface area contributed by atoms with Gasteiger partial charge in [0.15, 0.2) is 16.8 Å². The number of fused-ring (bicyclic) bond motifs is 1. The largest absolute Gasteiger partial charge is 0.347 e. The minimum absolute atomic E-state index is 0.223. The Hall–Kier alpha value is -3.03. The molecule has 0 saturated heterocycles. The maximum absolute atomic E-state index is 13.0. The van der Waals surface area contributed by atoms with Crippen molar-refractivity contribution >= 4 is 22.9 Å². The van der Waals surface area contributed by atoms with Crippen molar-refractivity contribution in [3.8, 4) is 6.07 Å². The first-order valence-corrected chi connectivity index (χ1v) is 10.7. The summed E-state index contributed by atoms with van der Waals surface area (Å²) in [5.41, 5.74) is 2.57. The average Bonchev–Trinajstić information content (AvgIpc) is 3.45. The number of carbonyl (C=O) groups excluding carboxylic acids is 2. The van der Waals surface area contributed by atoms with Gasteiger partial charge in [-0.1, -0.05) is 12.1 Å². The molecule has 1 aliphatic heterocycles. The van der Waals surface area contributed by atoms with E-state index in [9.17, 15) is 18.4 Å². The molecule has 1 aliphatic carbocycles. The molecule has 2 heterocycles. The number of nitriles is 1. The van der Waals surface area contributed by atoms with E-state index >= 15 is 0 Å². The van der Waals surface area contributed by atoms with Crippen LogP contribution in [0.3, 0.4) is 0 Å². The number of nitrogens with one attached hydrogen (secondary N) is 1. The lowest BCUT2D eigenvalue weighted by atomic mass is 10.0. The molecule has 1 unspecified atom stereocenters. The molecule has 2 amide bonds. The summed E-state index contributed by atoms with van der Waals surface area (Å²) in [7, 11) is 1.62. The highest BCUT2D eigenvalue weighted by Gasteiger charge is 2.51. The molecule has 1 aromatic heterocycles. The van der Waals surface area contributed by atoms with Crippen molar-refractivity contribution in [1.29, 1.82) is 5.26 Å². The zero-order valence-electron chi connectivity index (χ0n) is 16.4. The number of rotatable bonds is 6. The summed E-state index contributed by atoms with van der Waals surface area (Å²) < 4.78 is 21.8. The molecule has 4 rings (SSSR count). The van der Waals surface area contributed by atoms with E-state index in [-0.39, 0.29) is 30.6 Å². The molecular weight excluding hydrogens is 406 g/mol. The molecule has 0 radical (unpaired) electrons. The van der Waals surface area contributed by atoms with Gasteiger partial charge < -0.3 is 14.8 Å². The number of amides is 2. The smallest absolute Gasteiger partial charge is 0.272 e. The Balaban J connectivity index is 1.48. The fourth-order valence-corrected chi connectivity index (χ4v) is 4.46. The van der Waals surface area contributed by atoms with Crippen LogP contribution >= 0.6 is 0 Å². The van der Waals surface area contributed by atoms with Crippen LogP contribution in [0.2, 0.25) is 0 Å². The van der Waals surface area contributed by atoms with Gasteiger partial charge in [0.25, 0.3) is 11.8 Å². The Labute approximate surface area is 176 Å². The third kappa shape index (κ3) is 3.62. The predicted molar refractivity (Wildman–Crippen MR) is 108 cm³/mol. The van der Waals surface area contributed by atoms with Crippen LogP contribution in [-0.2, 0) is 31.1 Å². The van der Waals surface area contributed by atoms with E-state index in [1.165, 1.54) is 4.68 Å². The Bertz CT molecular complexity index is 1080. The number of hydrogen-bond donors (Lipinski definition) is 2. The number of benzene rings is 1. The van der Waals surface area contributed by atoms with E-state index in [0.29, 0.717) is 42.6 Å². The monoisotopic (exact) mass is 427 g/mol. The molecule has 2 N–H and O–H groups in total. The van der Waals surface area contributed by atoms with Crippen molar-refractivity contribution in [2.45, 2.75) is 30.6 Å². The first kappa shape index (κ1) is 20.3. The van der Waals surface area contributed by atoms with E-state index in [2.05, 4.69) is 10.4 Å². The molecule has 1 aromatic carbocycles. The molecule has 9 nitrogen and oxygen atoms in total. The van der Waals surface area contributed by atoms with Crippen LogP contribution in [0.25, 0.3) is 0 Å². The molecule has 0 spiro atoms. The number of nitrogens with zero attached hydrogens (tertiary/aromatic N) is 4. The minimum Gasteiger partial charge on any atom is -0.347 e. The van der Waals surface area contributed by atoms with E-state index in [4.69, 9.17) is 5.26 Å². The Morgan fingerprint density at radius 1 is 1.37 bits per heavy atom. The summed E-state index contributed by atoms with van der Waals surface area (Å²) in [6, 6.07) is 8.96. The van der Waals surface area contributed by atoms with E-state index in [0.717, 1.165) is 5.56 Å².